The number of aromatic amines is 1. The van der Waals surface area contributed by atoms with Crippen LogP contribution in [0.3, 0.4) is 0 Å². The molecule has 0 saturated carbocycles. The van der Waals surface area contributed by atoms with Crippen molar-refractivity contribution in [3.63, 3.8) is 0 Å². The van der Waals surface area contributed by atoms with Crippen LogP contribution in [0.2, 0.25) is 0 Å². The van der Waals surface area contributed by atoms with Gasteiger partial charge in [0, 0.05) is 24.2 Å². The number of benzene rings is 1. The molecule has 1 heterocycles. The molecule has 8 heteroatoms. The van der Waals surface area contributed by atoms with E-state index in [9.17, 15) is 14.9 Å². The molecule has 3 N–H and O–H groups in total. The molecule has 0 spiro atoms. The molecule has 0 radical (unpaired) electrons. The lowest BCUT2D eigenvalue weighted by molar-refractivity contribution is -0.384. The predicted molar refractivity (Wildman–Crippen MR) is 74.7 cm³/mol. The highest BCUT2D eigenvalue weighted by molar-refractivity contribution is 5.93. The number of aliphatic hydroxyl groups is 1. The van der Waals surface area contributed by atoms with Crippen molar-refractivity contribution < 1.29 is 14.8 Å². The van der Waals surface area contributed by atoms with Crippen LogP contribution >= 0.6 is 0 Å². The third kappa shape index (κ3) is 3.63. The van der Waals surface area contributed by atoms with Gasteiger partial charge < -0.3 is 10.4 Å². The molecule has 1 atom stereocenters. The average molecular weight is 290 g/mol. The number of nitrogens with one attached hydrogen (secondary N) is 2. The van der Waals surface area contributed by atoms with Crippen LogP contribution in [-0.2, 0) is 0 Å². The Morgan fingerprint density at radius 2 is 2.29 bits per heavy atom. The first-order valence-corrected chi connectivity index (χ1v) is 6.24. The Kier molecular flexibility index (Phi) is 4.29. The minimum atomic E-state index is -0.645. The fraction of sp³-hybridized carbons (Fsp3) is 0.231. The first kappa shape index (κ1) is 14.7. The molecule has 1 aromatic carbocycles. The molecule has 21 heavy (non-hydrogen) atoms. The van der Waals surface area contributed by atoms with E-state index in [-0.39, 0.29) is 17.9 Å². The average Bonchev–Trinajstić information content (AvgIpc) is 2.94. The van der Waals surface area contributed by atoms with E-state index in [1.165, 1.54) is 18.2 Å². The topological polar surface area (TPSA) is 121 Å². The van der Waals surface area contributed by atoms with Crippen LogP contribution in [0.25, 0.3) is 11.3 Å². The Hall–Kier alpha value is -2.74. The fourth-order valence-electron chi connectivity index (χ4n) is 1.70. The van der Waals surface area contributed by atoms with Crippen LogP contribution in [0, 0.1) is 10.1 Å². The second-order valence-electron chi connectivity index (χ2n) is 4.53. The molecule has 2 aromatic rings. The Morgan fingerprint density at radius 1 is 1.52 bits per heavy atom. The Labute approximate surface area is 120 Å². The van der Waals surface area contributed by atoms with E-state index in [1.807, 2.05) is 0 Å². The molecule has 0 saturated heterocycles. The Morgan fingerprint density at radius 3 is 2.95 bits per heavy atom. The lowest BCUT2D eigenvalue weighted by Gasteiger charge is -2.04. The number of non-ortho nitro benzene ring substituents is 1. The minimum Gasteiger partial charge on any atom is -0.392 e. The molecule has 1 unspecified atom stereocenters. The number of amides is 1. The van der Waals surface area contributed by atoms with Crippen molar-refractivity contribution in [3.05, 3.63) is 46.1 Å². The summed E-state index contributed by atoms with van der Waals surface area (Å²) >= 11 is 0. The summed E-state index contributed by atoms with van der Waals surface area (Å²) in [5.74, 6) is -0.403. The third-order valence-electron chi connectivity index (χ3n) is 2.73. The van der Waals surface area contributed by atoms with Gasteiger partial charge in [-0.2, -0.15) is 5.10 Å². The fourth-order valence-corrected chi connectivity index (χ4v) is 1.70. The van der Waals surface area contributed by atoms with Crippen molar-refractivity contribution in [2.24, 2.45) is 0 Å². The lowest BCUT2D eigenvalue weighted by Crippen LogP contribution is -2.30. The van der Waals surface area contributed by atoms with Crippen LogP contribution in [-0.4, -0.2) is 38.8 Å². The molecule has 110 valence electrons. The molecule has 0 aliphatic carbocycles. The summed E-state index contributed by atoms with van der Waals surface area (Å²) in [6.07, 6.45) is -0.645. The maximum absolute atomic E-state index is 11.8. The van der Waals surface area contributed by atoms with Gasteiger partial charge in [0.2, 0.25) is 0 Å². The van der Waals surface area contributed by atoms with Crippen molar-refractivity contribution in [1.82, 2.24) is 15.5 Å². The molecular formula is C13H14N4O4. The second-order valence-corrected chi connectivity index (χ2v) is 4.53. The monoisotopic (exact) mass is 290 g/mol. The van der Waals surface area contributed by atoms with E-state index >= 15 is 0 Å². The maximum Gasteiger partial charge on any atom is 0.270 e. The summed E-state index contributed by atoms with van der Waals surface area (Å²) in [4.78, 5) is 22.0. The molecule has 1 amide bonds. The number of hydrogen-bond acceptors (Lipinski definition) is 5. The predicted octanol–water partition coefficient (Wildman–Crippen LogP) is 1.10. The van der Waals surface area contributed by atoms with Crippen molar-refractivity contribution in [2.45, 2.75) is 13.0 Å². The van der Waals surface area contributed by atoms with Gasteiger partial charge in [0.25, 0.3) is 11.6 Å². The zero-order valence-electron chi connectivity index (χ0n) is 11.2. The number of carbonyl (C=O) groups excluding carboxylic acids is 1. The van der Waals surface area contributed by atoms with E-state index in [4.69, 9.17) is 5.11 Å². The summed E-state index contributed by atoms with van der Waals surface area (Å²) in [5.41, 5.74) is 1.14. The number of aromatic nitrogens is 2. The number of H-pyrrole nitrogens is 1. The Bertz CT molecular complexity index is 666. The maximum atomic E-state index is 11.8. The molecule has 8 nitrogen and oxygen atoms in total. The SMILES string of the molecule is CC(O)CNC(=O)c1cc(-c2cccc([N+](=O)[O-])c2)n[nH]1. The van der Waals surface area contributed by atoms with E-state index in [1.54, 1.807) is 19.1 Å². The number of nitro benzene ring substituents is 1. The second kappa shape index (κ2) is 6.14. The van der Waals surface area contributed by atoms with Gasteiger partial charge in [-0.05, 0) is 13.0 Å². The number of hydrogen-bond donors (Lipinski definition) is 3. The van der Waals surface area contributed by atoms with Gasteiger partial charge in [-0.25, -0.2) is 0 Å². The van der Waals surface area contributed by atoms with Gasteiger partial charge in [-0.3, -0.25) is 20.0 Å². The molecule has 0 fully saturated rings. The highest BCUT2D eigenvalue weighted by Gasteiger charge is 2.13. The number of rotatable bonds is 5. The molecule has 1 aromatic heterocycles. The Balaban J connectivity index is 2.18. The summed E-state index contributed by atoms with van der Waals surface area (Å²) in [7, 11) is 0. The molecular weight excluding hydrogens is 276 g/mol. The molecule has 0 bridgehead atoms. The number of aliphatic hydroxyl groups excluding tert-OH is 1. The van der Waals surface area contributed by atoms with Gasteiger partial charge in [0.05, 0.1) is 16.7 Å². The van der Waals surface area contributed by atoms with E-state index in [2.05, 4.69) is 15.5 Å². The summed E-state index contributed by atoms with van der Waals surface area (Å²) in [5, 5.41) is 28.9. The van der Waals surface area contributed by atoms with Crippen LogP contribution in [0.5, 0.6) is 0 Å². The van der Waals surface area contributed by atoms with Crippen molar-refractivity contribution in [3.8, 4) is 11.3 Å². The van der Waals surface area contributed by atoms with Gasteiger partial charge in [-0.15, -0.1) is 0 Å². The van der Waals surface area contributed by atoms with Gasteiger partial charge >= 0.3 is 0 Å². The highest BCUT2D eigenvalue weighted by atomic mass is 16.6. The van der Waals surface area contributed by atoms with Crippen molar-refractivity contribution in [1.29, 1.82) is 0 Å². The van der Waals surface area contributed by atoms with Crippen LogP contribution in [0.1, 0.15) is 17.4 Å². The first-order valence-electron chi connectivity index (χ1n) is 6.24. The smallest absolute Gasteiger partial charge is 0.270 e. The molecule has 0 aliphatic rings. The normalized spacial score (nSPS) is 11.9. The number of nitrogens with zero attached hydrogens (tertiary/aromatic N) is 2. The van der Waals surface area contributed by atoms with Crippen LogP contribution < -0.4 is 5.32 Å². The van der Waals surface area contributed by atoms with Gasteiger partial charge in [0.1, 0.15) is 5.69 Å². The van der Waals surface area contributed by atoms with Crippen LogP contribution in [0.4, 0.5) is 5.69 Å². The summed E-state index contributed by atoms with van der Waals surface area (Å²) < 4.78 is 0. The summed E-state index contributed by atoms with van der Waals surface area (Å²) in [6, 6.07) is 7.48. The van der Waals surface area contributed by atoms with Crippen LogP contribution in [0.15, 0.2) is 30.3 Å². The van der Waals surface area contributed by atoms with Crippen molar-refractivity contribution >= 4 is 11.6 Å². The quantitative estimate of drug-likeness (QED) is 0.562. The number of carbonyl (C=O) groups is 1. The first-order chi connectivity index (χ1) is 9.97. The highest BCUT2D eigenvalue weighted by Crippen LogP contribution is 2.22. The van der Waals surface area contributed by atoms with Gasteiger partial charge in [-0.1, -0.05) is 12.1 Å². The van der Waals surface area contributed by atoms with Crippen molar-refractivity contribution in [2.75, 3.05) is 6.54 Å². The number of nitro groups is 1. The third-order valence-corrected chi connectivity index (χ3v) is 2.73. The minimum absolute atomic E-state index is 0.0457. The van der Waals surface area contributed by atoms with E-state index in [0.717, 1.165) is 0 Å². The van der Waals surface area contributed by atoms with E-state index < -0.39 is 16.9 Å². The molecule has 0 aliphatic heterocycles. The molecule has 2 rings (SSSR count). The van der Waals surface area contributed by atoms with Gasteiger partial charge in [0.15, 0.2) is 0 Å². The largest absolute Gasteiger partial charge is 0.392 e. The lowest BCUT2D eigenvalue weighted by atomic mass is 10.1. The standard InChI is InChI=1S/C13H14N4O4/c1-8(18)7-14-13(19)12-6-11(15-16-12)9-3-2-4-10(5-9)17(20)21/h2-6,8,18H,7H2,1H3,(H,14,19)(H,15,16). The zero-order valence-corrected chi connectivity index (χ0v) is 11.2. The summed E-state index contributed by atoms with van der Waals surface area (Å²) in [6.45, 7) is 1.69. The van der Waals surface area contributed by atoms with E-state index in [0.29, 0.717) is 11.3 Å². The zero-order chi connectivity index (χ0) is 15.4.